The average molecular weight is 632 g/mol. The number of likely N-dealkylation sites (N-methyl/N-ethyl adjacent to an activating group) is 1. The molecule has 2 atom stereocenters. The number of aliphatic imine (C=N–C) groups is 1. The molecule has 49 heavy (non-hydrogen) atoms. The van der Waals surface area contributed by atoms with Gasteiger partial charge in [0.2, 0.25) is 0 Å². The molecule has 0 fully saturated rings. The van der Waals surface area contributed by atoms with Gasteiger partial charge in [0.15, 0.2) is 0 Å². The first kappa shape index (κ1) is 27.9. The molecule has 234 valence electrons. The van der Waals surface area contributed by atoms with E-state index < -0.39 is 0 Å². The van der Waals surface area contributed by atoms with Crippen LogP contribution in [0.15, 0.2) is 161 Å². The molecule has 2 aromatic heterocycles. The third-order valence-corrected chi connectivity index (χ3v) is 10.4. The van der Waals surface area contributed by atoms with Crippen molar-refractivity contribution in [1.82, 2.24) is 9.47 Å². The van der Waals surface area contributed by atoms with Crippen molar-refractivity contribution in [2.24, 2.45) is 4.99 Å². The van der Waals surface area contributed by atoms with Crippen LogP contribution in [0.3, 0.4) is 0 Å². The van der Waals surface area contributed by atoms with Crippen LogP contribution in [0.5, 0.6) is 0 Å². The first-order valence-electron chi connectivity index (χ1n) is 17.0. The number of nitrogens with zero attached hydrogens (tertiary/aromatic N) is 3. The molecule has 0 spiro atoms. The van der Waals surface area contributed by atoms with E-state index in [9.17, 15) is 0 Å². The summed E-state index contributed by atoms with van der Waals surface area (Å²) < 4.78 is 9.19. The Labute approximate surface area is 284 Å². The molecule has 2 aliphatic carbocycles. The standard InChI is InChI=1S/C45H33N3O/c1-47-38-20-10-9-18-34(38)44(30-15-6-3-7-16-30)46-45(47)36-19-12-22-41-43(36)35-25-24-32(28-42(35)49-41)48-39-21-11-8-17-33(39)37-27-31(23-26-40(37)48)29-13-4-2-5-14-29/h2-23,25-28,32,38H,24H2,1H3. The van der Waals surface area contributed by atoms with E-state index >= 15 is 0 Å². The minimum absolute atomic E-state index is 0.100. The quantitative estimate of drug-likeness (QED) is 0.194. The number of para-hydroxylation sites is 1. The van der Waals surface area contributed by atoms with Crippen molar-refractivity contribution in [2.75, 3.05) is 7.05 Å². The third kappa shape index (κ3) is 4.34. The van der Waals surface area contributed by atoms with Gasteiger partial charge in [-0.25, -0.2) is 4.99 Å². The molecule has 5 aromatic carbocycles. The van der Waals surface area contributed by atoms with Crippen molar-refractivity contribution in [2.45, 2.75) is 18.5 Å². The van der Waals surface area contributed by atoms with Crippen LogP contribution < -0.4 is 10.6 Å². The molecule has 0 radical (unpaired) electrons. The van der Waals surface area contributed by atoms with Gasteiger partial charge in [0.25, 0.3) is 0 Å². The van der Waals surface area contributed by atoms with Gasteiger partial charge in [-0.05, 0) is 47.9 Å². The molecular weight excluding hydrogens is 599 g/mol. The predicted octanol–water partition coefficient (Wildman–Crippen LogP) is 9.01. The van der Waals surface area contributed by atoms with Gasteiger partial charge in [0, 0.05) is 56.2 Å². The summed E-state index contributed by atoms with van der Waals surface area (Å²) in [5.41, 5.74) is 11.2. The van der Waals surface area contributed by atoms with E-state index in [2.05, 4.69) is 174 Å². The Kier molecular flexibility index (Phi) is 6.25. The number of hydrogen-bond donors (Lipinski definition) is 0. The van der Waals surface area contributed by atoms with E-state index in [4.69, 9.17) is 9.41 Å². The van der Waals surface area contributed by atoms with Gasteiger partial charge >= 0.3 is 0 Å². The number of furan rings is 1. The number of aromatic nitrogens is 1. The van der Waals surface area contributed by atoms with Gasteiger partial charge in [0.05, 0.1) is 17.8 Å². The minimum atomic E-state index is 0.100. The molecule has 3 heterocycles. The molecule has 0 amide bonds. The summed E-state index contributed by atoms with van der Waals surface area (Å²) in [5, 5.41) is 4.82. The monoisotopic (exact) mass is 631 g/mol. The molecule has 0 bridgehead atoms. The second-order valence-electron chi connectivity index (χ2n) is 13.1. The topological polar surface area (TPSA) is 33.7 Å². The van der Waals surface area contributed by atoms with Gasteiger partial charge in [-0.3, -0.25) is 0 Å². The molecule has 10 rings (SSSR count). The lowest BCUT2D eigenvalue weighted by atomic mass is 9.92. The normalized spacial score (nSPS) is 18.4. The number of fused-ring (bicyclic) bond motifs is 7. The van der Waals surface area contributed by atoms with Crippen molar-refractivity contribution in [1.29, 1.82) is 0 Å². The highest BCUT2D eigenvalue weighted by molar-refractivity contribution is 6.12. The second-order valence-corrected chi connectivity index (χ2v) is 13.1. The third-order valence-electron chi connectivity index (χ3n) is 10.4. The summed E-state index contributed by atoms with van der Waals surface area (Å²) in [6, 6.07) is 43.4. The molecular formula is C45H33N3O. The first-order valence-corrected chi connectivity index (χ1v) is 17.0. The summed E-state index contributed by atoms with van der Waals surface area (Å²) >= 11 is 0. The van der Waals surface area contributed by atoms with Crippen LogP contribution >= 0.6 is 0 Å². The molecule has 7 aromatic rings. The summed E-state index contributed by atoms with van der Waals surface area (Å²) in [5.74, 6) is 0.953. The lowest BCUT2D eigenvalue weighted by molar-refractivity contribution is 0.469. The largest absolute Gasteiger partial charge is 0.456 e. The fourth-order valence-electron chi connectivity index (χ4n) is 8.08. The highest BCUT2D eigenvalue weighted by atomic mass is 16.3. The van der Waals surface area contributed by atoms with Gasteiger partial charge in [-0.15, -0.1) is 0 Å². The molecule has 0 saturated carbocycles. The van der Waals surface area contributed by atoms with Crippen LogP contribution in [0.2, 0.25) is 0 Å². The van der Waals surface area contributed by atoms with Gasteiger partial charge in [0.1, 0.15) is 16.8 Å². The second kappa shape index (κ2) is 11.0. The summed E-state index contributed by atoms with van der Waals surface area (Å²) in [4.78, 5) is 7.69. The highest BCUT2D eigenvalue weighted by Gasteiger charge is 2.31. The zero-order chi connectivity index (χ0) is 32.5. The molecule has 0 saturated heterocycles. The van der Waals surface area contributed by atoms with E-state index in [0.717, 1.165) is 50.7 Å². The van der Waals surface area contributed by atoms with Crippen molar-refractivity contribution in [3.8, 4) is 11.1 Å². The Bertz CT molecular complexity index is 2700. The molecule has 2 unspecified atom stereocenters. The fraction of sp³-hybridized carbons (Fsp3) is 0.0889. The van der Waals surface area contributed by atoms with E-state index in [-0.39, 0.29) is 12.1 Å². The van der Waals surface area contributed by atoms with E-state index in [1.165, 1.54) is 38.5 Å². The number of allylic oxidation sites excluding steroid dienone is 2. The SMILES string of the molecule is CN1C(c2cccc3oc4c(c23)=CCC(n2c3ccccc3c3cc(-c5ccccc5)ccc32)C=4)=NC(c2ccccc2)=C2C=CC=CC21. The van der Waals surface area contributed by atoms with Crippen molar-refractivity contribution in [3.63, 3.8) is 0 Å². The van der Waals surface area contributed by atoms with Crippen LogP contribution in [0.25, 0.3) is 61.8 Å². The van der Waals surface area contributed by atoms with Crippen LogP contribution in [0.4, 0.5) is 0 Å². The molecule has 0 N–H and O–H groups in total. The van der Waals surface area contributed by atoms with Crippen molar-refractivity contribution >= 4 is 56.5 Å². The fourth-order valence-corrected chi connectivity index (χ4v) is 8.08. The Balaban J connectivity index is 1.13. The van der Waals surface area contributed by atoms with E-state index in [1.807, 2.05) is 0 Å². The van der Waals surface area contributed by atoms with Gasteiger partial charge < -0.3 is 13.9 Å². The van der Waals surface area contributed by atoms with Crippen LogP contribution in [0.1, 0.15) is 23.6 Å². The highest BCUT2D eigenvalue weighted by Crippen LogP contribution is 2.38. The summed E-state index contributed by atoms with van der Waals surface area (Å²) in [7, 11) is 2.15. The minimum Gasteiger partial charge on any atom is -0.456 e. The maximum atomic E-state index is 6.69. The molecule has 4 nitrogen and oxygen atoms in total. The first-order chi connectivity index (χ1) is 24.2. The zero-order valence-electron chi connectivity index (χ0n) is 27.1. The summed E-state index contributed by atoms with van der Waals surface area (Å²) in [6.45, 7) is 0. The number of amidine groups is 1. The Morgan fingerprint density at radius 3 is 2.35 bits per heavy atom. The lowest BCUT2D eigenvalue weighted by Gasteiger charge is -2.36. The molecule has 1 aliphatic heterocycles. The van der Waals surface area contributed by atoms with Crippen LogP contribution in [-0.4, -0.2) is 28.4 Å². The Morgan fingerprint density at radius 1 is 0.714 bits per heavy atom. The van der Waals surface area contributed by atoms with Crippen LogP contribution in [-0.2, 0) is 0 Å². The van der Waals surface area contributed by atoms with Gasteiger partial charge in [-0.2, -0.15) is 0 Å². The molecule has 3 aliphatic rings. The van der Waals surface area contributed by atoms with Crippen molar-refractivity contribution in [3.05, 3.63) is 173 Å². The number of benzene rings is 5. The van der Waals surface area contributed by atoms with Crippen LogP contribution in [0, 0.1) is 0 Å². The van der Waals surface area contributed by atoms with E-state index in [1.54, 1.807) is 0 Å². The number of hydrogen-bond acceptors (Lipinski definition) is 3. The average Bonchev–Trinajstić information content (AvgIpc) is 3.71. The Morgan fingerprint density at radius 2 is 1.49 bits per heavy atom. The maximum absolute atomic E-state index is 6.69. The van der Waals surface area contributed by atoms with Gasteiger partial charge in [-0.1, -0.05) is 127 Å². The summed E-state index contributed by atoms with van der Waals surface area (Å²) in [6.07, 6.45) is 14.3. The Hall–Kier alpha value is -6.13. The predicted molar refractivity (Wildman–Crippen MR) is 203 cm³/mol. The number of rotatable bonds is 4. The lowest BCUT2D eigenvalue weighted by Crippen LogP contribution is -2.41. The zero-order valence-corrected chi connectivity index (χ0v) is 27.1. The molecule has 4 heteroatoms. The smallest absolute Gasteiger partial charge is 0.137 e. The van der Waals surface area contributed by atoms with Crippen molar-refractivity contribution < 1.29 is 4.42 Å². The maximum Gasteiger partial charge on any atom is 0.137 e. The van der Waals surface area contributed by atoms with E-state index in [0.29, 0.717) is 0 Å².